The van der Waals surface area contributed by atoms with E-state index in [0.29, 0.717) is 18.4 Å². The highest BCUT2D eigenvalue weighted by Crippen LogP contribution is 2.26. The molecule has 1 fully saturated rings. The molecule has 1 aromatic carbocycles. The van der Waals surface area contributed by atoms with Crippen molar-refractivity contribution in [1.29, 1.82) is 0 Å². The van der Waals surface area contributed by atoms with E-state index in [4.69, 9.17) is 4.42 Å². The molecule has 9 heteroatoms. The van der Waals surface area contributed by atoms with Gasteiger partial charge < -0.3 is 9.73 Å². The van der Waals surface area contributed by atoms with Crippen LogP contribution in [0, 0.1) is 5.92 Å². The molecular formula is C18H25N3O5S. The minimum Gasteiger partial charge on any atom is -0.408 e. The van der Waals surface area contributed by atoms with Gasteiger partial charge in [-0.2, -0.15) is 4.31 Å². The molecule has 1 aromatic heterocycles. The molecule has 0 saturated carbocycles. The van der Waals surface area contributed by atoms with E-state index in [1.165, 1.54) is 21.0 Å². The SMILES string of the molecule is CCC(C)NC(=O)C1CCN(S(=O)(=O)c2ccc3c(c2)oc(=O)n3C)CC1. The highest BCUT2D eigenvalue weighted by Gasteiger charge is 2.32. The van der Waals surface area contributed by atoms with Gasteiger partial charge in [0.15, 0.2) is 5.58 Å². The lowest BCUT2D eigenvalue weighted by molar-refractivity contribution is -0.126. The Balaban J connectivity index is 1.73. The van der Waals surface area contributed by atoms with Crippen LogP contribution in [0.3, 0.4) is 0 Å². The van der Waals surface area contributed by atoms with Crippen LogP contribution in [0.4, 0.5) is 0 Å². The number of benzene rings is 1. The summed E-state index contributed by atoms with van der Waals surface area (Å²) in [5.41, 5.74) is 0.783. The van der Waals surface area contributed by atoms with Crippen molar-refractivity contribution in [3.8, 4) is 0 Å². The molecule has 0 bridgehead atoms. The molecule has 8 nitrogen and oxygen atoms in total. The number of carbonyl (C=O) groups is 1. The minimum atomic E-state index is -3.70. The summed E-state index contributed by atoms with van der Waals surface area (Å²) in [7, 11) is -2.14. The molecule has 1 amide bonds. The van der Waals surface area contributed by atoms with Crippen molar-refractivity contribution in [3.05, 3.63) is 28.7 Å². The number of nitrogens with zero attached hydrogens (tertiary/aromatic N) is 2. The predicted octanol–water partition coefficient (Wildman–Crippen LogP) is 1.45. The molecule has 2 aromatic rings. The Hall–Kier alpha value is -2.13. The number of piperidine rings is 1. The summed E-state index contributed by atoms with van der Waals surface area (Å²) < 4.78 is 33.7. The Labute approximate surface area is 158 Å². The Kier molecular flexibility index (Phi) is 5.43. The molecule has 1 atom stereocenters. The van der Waals surface area contributed by atoms with E-state index in [9.17, 15) is 18.0 Å². The lowest BCUT2D eigenvalue weighted by atomic mass is 9.97. The van der Waals surface area contributed by atoms with Gasteiger partial charge in [0, 0.05) is 38.2 Å². The second kappa shape index (κ2) is 7.47. The van der Waals surface area contributed by atoms with Crippen LogP contribution in [0.25, 0.3) is 11.1 Å². The van der Waals surface area contributed by atoms with Crippen LogP contribution in [0.2, 0.25) is 0 Å². The van der Waals surface area contributed by atoms with E-state index < -0.39 is 15.8 Å². The molecule has 1 N–H and O–H groups in total. The Bertz CT molecular complexity index is 1000. The third kappa shape index (κ3) is 3.79. The zero-order valence-electron chi connectivity index (χ0n) is 15.8. The summed E-state index contributed by atoms with van der Waals surface area (Å²) in [6.07, 6.45) is 1.84. The zero-order valence-corrected chi connectivity index (χ0v) is 16.6. The zero-order chi connectivity index (χ0) is 19.8. The topological polar surface area (TPSA) is 102 Å². The van der Waals surface area contributed by atoms with Crippen LogP contribution in [-0.4, -0.2) is 42.3 Å². The van der Waals surface area contributed by atoms with Crippen molar-refractivity contribution >= 4 is 27.0 Å². The van der Waals surface area contributed by atoms with E-state index in [0.717, 1.165) is 6.42 Å². The maximum absolute atomic E-state index is 12.9. The molecule has 3 rings (SSSR count). The van der Waals surface area contributed by atoms with Gasteiger partial charge in [-0.25, -0.2) is 13.2 Å². The Morgan fingerprint density at radius 2 is 2.00 bits per heavy atom. The second-order valence-electron chi connectivity index (χ2n) is 7.05. The van der Waals surface area contributed by atoms with Crippen LogP contribution < -0.4 is 11.1 Å². The van der Waals surface area contributed by atoms with Crippen LogP contribution in [0.15, 0.2) is 32.3 Å². The number of hydrogen-bond donors (Lipinski definition) is 1. The molecule has 0 aliphatic carbocycles. The number of oxazole rings is 1. The summed E-state index contributed by atoms with van der Waals surface area (Å²) in [5, 5.41) is 2.96. The van der Waals surface area contributed by atoms with Crippen LogP contribution in [0.1, 0.15) is 33.1 Å². The average molecular weight is 395 g/mol. The van der Waals surface area contributed by atoms with Gasteiger partial charge in [0.1, 0.15) is 0 Å². The van der Waals surface area contributed by atoms with E-state index in [1.807, 2.05) is 13.8 Å². The summed E-state index contributed by atoms with van der Waals surface area (Å²) in [4.78, 5) is 23.9. The first-order chi connectivity index (χ1) is 12.7. The molecule has 1 unspecified atom stereocenters. The molecule has 27 heavy (non-hydrogen) atoms. The van der Waals surface area contributed by atoms with E-state index in [1.54, 1.807) is 13.1 Å². The monoisotopic (exact) mass is 395 g/mol. The molecule has 148 valence electrons. The maximum Gasteiger partial charge on any atom is 0.419 e. The van der Waals surface area contributed by atoms with E-state index in [-0.39, 0.29) is 41.4 Å². The van der Waals surface area contributed by atoms with Gasteiger partial charge in [-0.05, 0) is 38.3 Å². The van der Waals surface area contributed by atoms with Crippen LogP contribution in [0.5, 0.6) is 0 Å². The fourth-order valence-electron chi connectivity index (χ4n) is 3.24. The number of fused-ring (bicyclic) bond motifs is 1. The normalized spacial score (nSPS) is 17.9. The van der Waals surface area contributed by atoms with Gasteiger partial charge in [0.05, 0.1) is 10.4 Å². The van der Waals surface area contributed by atoms with Crippen molar-refractivity contribution in [2.24, 2.45) is 13.0 Å². The maximum atomic E-state index is 12.9. The van der Waals surface area contributed by atoms with Crippen molar-refractivity contribution in [1.82, 2.24) is 14.2 Å². The number of hydrogen-bond acceptors (Lipinski definition) is 5. The fourth-order valence-corrected chi connectivity index (χ4v) is 4.73. The van der Waals surface area contributed by atoms with Crippen molar-refractivity contribution in [3.63, 3.8) is 0 Å². The first-order valence-electron chi connectivity index (χ1n) is 9.14. The smallest absolute Gasteiger partial charge is 0.408 e. The number of carbonyl (C=O) groups excluding carboxylic acids is 1. The number of nitrogens with one attached hydrogen (secondary N) is 1. The van der Waals surface area contributed by atoms with E-state index >= 15 is 0 Å². The molecule has 0 radical (unpaired) electrons. The summed E-state index contributed by atoms with van der Waals surface area (Å²) in [6.45, 7) is 4.54. The Morgan fingerprint density at radius 1 is 1.33 bits per heavy atom. The molecule has 2 heterocycles. The summed E-state index contributed by atoms with van der Waals surface area (Å²) >= 11 is 0. The largest absolute Gasteiger partial charge is 0.419 e. The van der Waals surface area contributed by atoms with Crippen molar-refractivity contribution in [2.45, 2.75) is 44.0 Å². The van der Waals surface area contributed by atoms with Crippen LogP contribution in [-0.2, 0) is 21.9 Å². The van der Waals surface area contributed by atoms with Gasteiger partial charge in [0.2, 0.25) is 15.9 Å². The third-order valence-corrected chi connectivity index (χ3v) is 7.12. The summed E-state index contributed by atoms with van der Waals surface area (Å²) in [6, 6.07) is 4.55. The molecule has 1 aliphatic rings. The van der Waals surface area contributed by atoms with Crippen LogP contribution >= 0.6 is 0 Å². The van der Waals surface area contributed by atoms with Gasteiger partial charge >= 0.3 is 5.76 Å². The molecule has 0 spiro atoms. The average Bonchev–Trinajstić information content (AvgIpc) is 2.95. The van der Waals surface area contributed by atoms with Gasteiger partial charge in [0.25, 0.3) is 0 Å². The molecule has 1 aliphatic heterocycles. The third-order valence-electron chi connectivity index (χ3n) is 5.23. The number of aryl methyl sites for hydroxylation is 1. The first-order valence-corrected chi connectivity index (χ1v) is 10.6. The predicted molar refractivity (Wildman–Crippen MR) is 101 cm³/mol. The van der Waals surface area contributed by atoms with E-state index in [2.05, 4.69) is 5.32 Å². The van der Waals surface area contributed by atoms with Crippen molar-refractivity contribution in [2.75, 3.05) is 13.1 Å². The van der Waals surface area contributed by atoms with Gasteiger partial charge in [-0.1, -0.05) is 6.92 Å². The Morgan fingerprint density at radius 3 is 2.63 bits per heavy atom. The van der Waals surface area contributed by atoms with Gasteiger partial charge in [-0.3, -0.25) is 9.36 Å². The second-order valence-corrected chi connectivity index (χ2v) is 8.99. The standard InChI is InChI=1S/C18H25N3O5S/c1-4-12(2)19-17(22)13-7-9-21(10-8-13)27(24,25)14-5-6-15-16(11-14)26-18(23)20(15)3/h5-6,11-13H,4,7-10H2,1-3H3,(H,19,22). The van der Waals surface area contributed by atoms with Crippen molar-refractivity contribution < 1.29 is 17.6 Å². The number of aromatic nitrogens is 1. The highest BCUT2D eigenvalue weighted by molar-refractivity contribution is 7.89. The number of sulfonamides is 1. The summed E-state index contributed by atoms with van der Waals surface area (Å²) in [5.74, 6) is -0.707. The molecular weight excluding hydrogens is 370 g/mol. The quantitative estimate of drug-likeness (QED) is 0.826. The van der Waals surface area contributed by atoms with Gasteiger partial charge in [-0.15, -0.1) is 0 Å². The number of rotatable bonds is 5. The molecule has 1 saturated heterocycles. The number of amides is 1. The minimum absolute atomic E-state index is 0.00567. The fraction of sp³-hybridized carbons (Fsp3) is 0.556. The highest BCUT2D eigenvalue weighted by atomic mass is 32.2. The lowest BCUT2D eigenvalue weighted by Gasteiger charge is -2.31. The lowest BCUT2D eigenvalue weighted by Crippen LogP contribution is -2.44. The first kappa shape index (κ1) is 19.6.